The van der Waals surface area contributed by atoms with Crippen LogP contribution < -0.4 is 19.1 Å². The molecule has 2 amide bonds. The van der Waals surface area contributed by atoms with E-state index in [0.717, 1.165) is 41.1 Å². The molecule has 1 fully saturated rings. The topological polar surface area (TPSA) is 105 Å². The molecule has 1 N–H and O–H groups in total. The fraction of sp³-hybridized carbons (Fsp3) is 0.394. The molecule has 1 aliphatic rings. The average Bonchev–Trinajstić information content (AvgIpc) is 3.53. The molecule has 1 aliphatic carbocycles. The summed E-state index contributed by atoms with van der Waals surface area (Å²) >= 11 is 6.13. The third-order valence-corrected chi connectivity index (χ3v) is 10.0. The lowest BCUT2D eigenvalue weighted by Gasteiger charge is -2.34. The molecule has 0 aromatic heterocycles. The second-order valence-corrected chi connectivity index (χ2v) is 13.2. The van der Waals surface area contributed by atoms with Crippen LogP contribution in [0.4, 0.5) is 5.69 Å². The van der Waals surface area contributed by atoms with Crippen LogP contribution in [0, 0.1) is 6.92 Å². The number of sulfonamides is 1. The molecule has 0 radical (unpaired) electrons. The number of aryl methyl sites for hydroxylation is 1. The standard InChI is InChI=1S/C33H40ClN3O6S/c1-5-29(33(39)35-26-12-8-9-13-26)36(21-24-11-7-6-10-23(24)2)32(38)22-37(27-16-14-25(34)15-17-27)44(40,41)28-18-19-30(42-3)31(20-28)43-4/h6-7,10-11,14-20,26,29H,5,8-9,12-13,21-22H2,1-4H3,(H,35,39). The molecule has 1 atom stereocenters. The van der Waals surface area contributed by atoms with Crippen molar-refractivity contribution in [2.75, 3.05) is 25.1 Å². The number of halogens is 1. The Morgan fingerprint density at radius 3 is 2.25 bits per heavy atom. The maximum Gasteiger partial charge on any atom is 0.264 e. The predicted octanol–water partition coefficient (Wildman–Crippen LogP) is 5.73. The van der Waals surface area contributed by atoms with E-state index in [9.17, 15) is 18.0 Å². The van der Waals surface area contributed by atoms with Gasteiger partial charge < -0.3 is 19.7 Å². The van der Waals surface area contributed by atoms with Crippen molar-refractivity contribution in [1.82, 2.24) is 10.2 Å². The fourth-order valence-electron chi connectivity index (χ4n) is 5.50. The van der Waals surface area contributed by atoms with Crippen LogP contribution in [0.3, 0.4) is 0 Å². The lowest BCUT2D eigenvalue weighted by atomic mass is 10.1. The second-order valence-electron chi connectivity index (χ2n) is 10.9. The number of anilines is 1. The van der Waals surface area contributed by atoms with Crippen molar-refractivity contribution in [2.24, 2.45) is 0 Å². The zero-order valence-electron chi connectivity index (χ0n) is 25.6. The van der Waals surface area contributed by atoms with E-state index in [1.807, 2.05) is 38.1 Å². The van der Waals surface area contributed by atoms with Gasteiger partial charge in [-0.25, -0.2) is 8.42 Å². The maximum atomic E-state index is 14.3. The Labute approximate surface area is 265 Å². The Balaban J connectivity index is 1.75. The number of hydrogen-bond donors (Lipinski definition) is 1. The van der Waals surface area contributed by atoms with Gasteiger partial charge in [0.2, 0.25) is 11.8 Å². The van der Waals surface area contributed by atoms with Crippen molar-refractivity contribution in [2.45, 2.75) is 69.5 Å². The van der Waals surface area contributed by atoms with Gasteiger partial charge in [0.25, 0.3) is 10.0 Å². The summed E-state index contributed by atoms with van der Waals surface area (Å²) in [5.41, 5.74) is 2.08. The third-order valence-electron chi connectivity index (χ3n) is 8.03. The van der Waals surface area contributed by atoms with Gasteiger partial charge in [0.15, 0.2) is 11.5 Å². The molecule has 0 bridgehead atoms. The quantitative estimate of drug-likeness (QED) is 0.256. The van der Waals surface area contributed by atoms with Gasteiger partial charge in [-0.3, -0.25) is 13.9 Å². The summed E-state index contributed by atoms with van der Waals surface area (Å²) in [6.45, 7) is 3.40. The van der Waals surface area contributed by atoms with E-state index in [1.54, 1.807) is 24.3 Å². The molecule has 3 aromatic rings. The normalized spacial score (nSPS) is 14.1. The molecule has 1 unspecified atom stereocenters. The predicted molar refractivity (Wildman–Crippen MR) is 172 cm³/mol. The van der Waals surface area contributed by atoms with Gasteiger partial charge in [0, 0.05) is 23.7 Å². The number of benzene rings is 3. The van der Waals surface area contributed by atoms with Crippen LogP contribution >= 0.6 is 11.6 Å². The molecule has 0 aliphatic heterocycles. The van der Waals surface area contributed by atoms with Gasteiger partial charge in [-0.05, 0) is 73.7 Å². The highest BCUT2D eigenvalue weighted by Crippen LogP contribution is 2.33. The van der Waals surface area contributed by atoms with Crippen LogP contribution in [-0.2, 0) is 26.2 Å². The molecular weight excluding hydrogens is 602 g/mol. The minimum atomic E-state index is -4.30. The molecule has 4 rings (SSSR count). The summed E-state index contributed by atoms with van der Waals surface area (Å²) in [7, 11) is -1.42. The number of ether oxygens (including phenoxy) is 2. The van der Waals surface area contributed by atoms with Gasteiger partial charge in [0.05, 0.1) is 24.8 Å². The maximum absolute atomic E-state index is 14.3. The molecule has 0 heterocycles. The van der Waals surface area contributed by atoms with Gasteiger partial charge in [0.1, 0.15) is 12.6 Å². The van der Waals surface area contributed by atoms with Gasteiger partial charge in [-0.1, -0.05) is 55.6 Å². The molecule has 9 nitrogen and oxygen atoms in total. The molecule has 11 heteroatoms. The fourth-order valence-corrected chi connectivity index (χ4v) is 7.05. The highest BCUT2D eigenvalue weighted by Gasteiger charge is 2.35. The van der Waals surface area contributed by atoms with Crippen molar-refractivity contribution in [3.63, 3.8) is 0 Å². The Hall–Kier alpha value is -3.76. The summed E-state index contributed by atoms with van der Waals surface area (Å²) in [5, 5.41) is 3.55. The smallest absolute Gasteiger partial charge is 0.264 e. The Kier molecular flexibility index (Phi) is 11.2. The summed E-state index contributed by atoms with van der Waals surface area (Å²) in [6.07, 6.45) is 4.28. The first kappa shape index (κ1) is 33.1. The second kappa shape index (κ2) is 14.8. The number of rotatable bonds is 13. The van der Waals surface area contributed by atoms with E-state index in [0.29, 0.717) is 17.2 Å². The molecule has 3 aromatic carbocycles. The number of amides is 2. The largest absolute Gasteiger partial charge is 0.493 e. The first-order valence-corrected chi connectivity index (χ1v) is 16.6. The number of nitrogens with zero attached hydrogens (tertiary/aromatic N) is 2. The van der Waals surface area contributed by atoms with Crippen molar-refractivity contribution in [3.05, 3.63) is 82.9 Å². The molecule has 1 saturated carbocycles. The zero-order chi connectivity index (χ0) is 31.9. The molecule has 0 spiro atoms. The first-order chi connectivity index (χ1) is 21.1. The Morgan fingerprint density at radius 1 is 0.977 bits per heavy atom. The van der Waals surface area contributed by atoms with E-state index in [1.165, 1.54) is 37.3 Å². The van der Waals surface area contributed by atoms with E-state index in [2.05, 4.69) is 5.32 Å². The average molecular weight is 642 g/mol. The number of nitrogens with one attached hydrogen (secondary N) is 1. The lowest BCUT2D eigenvalue weighted by molar-refractivity contribution is -0.140. The molecule has 0 saturated heterocycles. The van der Waals surface area contributed by atoms with E-state index >= 15 is 0 Å². The van der Waals surface area contributed by atoms with Crippen LogP contribution in [0.25, 0.3) is 0 Å². The molecule has 44 heavy (non-hydrogen) atoms. The number of carbonyl (C=O) groups is 2. The highest BCUT2D eigenvalue weighted by atomic mass is 35.5. The van der Waals surface area contributed by atoms with E-state index in [-0.39, 0.29) is 34.8 Å². The summed E-state index contributed by atoms with van der Waals surface area (Å²) < 4.78 is 40.1. The minimum Gasteiger partial charge on any atom is -0.493 e. The number of carbonyl (C=O) groups excluding carboxylic acids is 2. The summed E-state index contributed by atoms with van der Waals surface area (Å²) in [6, 6.07) is 17.4. The van der Waals surface area contributed by atoms with Crippen LogP contribution in [0.1, 0.15) is 50.2 Å². The number of hydrogen-bond acceptors (Lipinski definition) is 6. The van der Waals surface area contributed by atoms with Crippen molar-refractivity contribution >= 4 is 39.1 Å². The first-order valence-electron chi connectivity index (χ1n) is 14.7. The van der Waals surface area contributed by atoms with Gasteiger partial charge in [-0.15, -0.1) is 0 Å². The van der Waals surface area contributed by atoms with Crippen molar-refractivity contribution < 1.29 is 27.5 Å². The minimum absolute atomic E-state index is 0.0722. The van der Waals surface area contributed by atoms with Crippen molar-refractivity contribution in [3.8, 4) is 11.5 Å². The SMILES string of the molecule is CCC(C(=O)NC1CCCC1)N(Cc1ccccc1C)C(=O)CN(c1ccc(Cl)cc1)S(=O)(=O)c1ccc(OC)c(OC)c1. The van der Waals surface area contributed by atoms with Crippen LogP contribution in [0.15, 0.2) is 71.6 Å². The number of methoxy groups -OCH3 is 2. The zero-order valence-corrected chi connectivity index (χ0v) is 27.2. The Bertz CT molecular complexity index is 1560. The van der Waals surface area contributed by atoms with Crippen LogP contribution in [0.5, 0.6) is 11.5 Å². The van der Waals surface area contributed by atoms with Crippen LogP contribution in [0.2, 0.25) is 5.02 Å². The van der Waals surface area contributed by atoms with Crippen LogP contribution in [-0.4, -0.2) is 58.0 Å². The third kappa shape index (κ3) is 7.65. The van der Waals surface area contributed by atoms with Gasteiger partial charge >= 0.3 is 0 Å². The molecule has 236 valence electrons. The Morgan fingerprint density at radius 2 is 1.64 bits per heavy atom. The van der Waals surface area contributed by atoms with Crippen molar-refractivity contribution in [1.29, 1.82) is 0 Å². The lowest BCUT2D eigenvalue weighted by Crippen LogP contribution is -2.53. The molecular formula is C33H40ClN3O6S. The monoisotopic (exact) mass is 641 g/mol. The highest BCUT2D eigenvalue weighted by molar-refractivity contribution is 7.92. The van der Waals surface area contributed by atoms with Gasteiger partial charge in [-0.2, -0.15) is 0 Å². The summed E-state index contributed by atoms with van der Waals surface area (Å²) in [5.74, 6) is -0.154. The van der Waals surface area contributed by atoms with E-state index in [4.69, 9.17) is 21.1 Å². The van der Waals surface area contributed by atoms with E-state index < -0.39 is 28.5 Å². The summed E-state index contributed by atoms with van der Waals surface area (Å²) in [4.78, 5) is 29.3.